The lowest BCUT2D eigenvalue weighted by atomic mass is 10.2. The van der Waals surface area contributed by atoms with Gasteiger partial charge in [0, 0.05) is 37.6 Å². The fraction of sp³-hybridized carbons (Fsp3) is 0.400. The number of rotatable bonds is 3. The number of anilines is 2. The highest BCUT2D eigenvalue weighted by Crippen LogP contribution is 2.18. The van der Waals surface area contributed by atoms with Crippen LogP contribution in [0.15, 0.2) is 24.3 Å². The van der Waals surface area contributed by atoms with Crippen molar-refractivity contribution in [3.63, 3.8) is 0 Å². The quantitative estimate of drug-likeness (QED) is 0.693. The fourth-order valence-corrected chi connectivity index (χ4v) is 2.29. The highest BCUT2D eigenvalue weighted by molar-refractivity contribution is 7.90. The third-order valence-electron chi connectivity index (χ3n) is 2.61. The van der Waals surface area contributed by atoms with Crippen LogP contribution < -0.4 is 20.1 Å². The van der Waals surface area contributed by atoms with Crippen LogP contribution in [0, 0.1) is 0 Å². The minimum atomic E-state index is -3.69. The molecule has 0 radical (unpaired) electrons. The number of hydrogen-bond acceptors (Lipinski definition) is 4. The van der Waals surface area contributed by atoms with Gasteiger partial charge in [-0.3, -0.25) is 4.72 Å². The number of piperazine rings is 1. The van der Waals surface area contributed by atoms with Gasteiger partial charge in [-0.25, -0.2) is 5.14 Å². The lowest BCUT2D eigenvalue weighted by molar-refractivity contribution is 0.589. The van der Waals surface area contributed by atoms with Crippen LogP contribution in [-0.4, -0.2) is 34.6 Å². The summed E-state index contributed by atoms with van der Waals surface area (Å²) >= 11 is 0. The van der Waals surface area contributed by atoms with Gasteiger partial charge in [0.05, 0.1) is 0 Å². The third kappa shape index (κ3) is 3.58. The Labute approximate surface area is 101 Å². The average molecular weight is 256 g/mol. The molecule has 1 saturated heterocycles. The average Bonchev–Trinajstić information content (AvgIpc) is 2.29. The molecule has 7 heteroatoms. The molecular weight excluding hydrogens is 240 g/mol. The Morgan fingerprint density at radius 1 is 1.18 bits per heavy atom. The van der Waals surface area contributed by atoms with Crippen molar-refractivity contribution in [2.24, 2.45) is 5.14 Å². The van der Waals surface area contributed by atoms with E-state index in [2.05, 4.69) is 14.9 Å². The van der Waals surface area contributed by atoms with Crippen molar-refractivity contribution in [3.05, 3.63) is 24.3 Å². The van der Waals surface area contributed by atoms with E-state index in [1.54, 1.807) is 12.1 Å². The molecule has 0 amide bonds. The second-order valence-electron chi connectivity index (χ2n) is 3.93. The SMILES string of the molecule is NS(=O)(=O)Nc1ccc(N2CCNCC2)cc1. The van der Waals surface area contributed by atoms with Crippen molar-refractivity contribution in [1.82, 2.24) is 5.32 Å². The maximum Gasteiger partial charge on any atom is 0.296 e. The van der Waals surface area contributed by atoms with E-state index in [4.69, 9.17) is 5.14 Å². The summed E-state index contributed by atoms with van der Waals surface area (Å²) in [6, 6.07) is 7.20. The number of nitrogens with two attached hydrogens (primary N) is 1. The first-order chi connectivity index (χ1) is 8.04. The molecular formula is C10H16N4O2S. The first kappa shape index (κ1) is 12.2. The Kier molecular flexibility index (Phi) is 3.51. The van der Waals surface area contributed by atoms with Crippen LogP contribution in [0.4, 0.5) is 11.4 Å². The molecule has 2 rings (SSSR count). The van der Waals surface area contributed by atoms with E-state index in [0.717, 1.165) is 31.9 Å². The molecule has 94 valence electrons. The molecule has 17 heavy (non-hydrogen) atoms. The van der Waals surface area contributed by atoms with Crippen molar-refractivity contribution >= 4 is 21.6 Å². The molecule has 0 atom stereocenters. The molecule has 1 aliphatic rings. The molecule has 4 N–H and O–H groups in total. The lowest BCUT2D eigenvalue weighted by Gasteiger charge is -2.29. The van der Waals surface area contributed by atoms with E-state index in [1.807, 2.05) is 12.1 Å². The molecule has 1 aromatic rings. The highest BCUT2D eigenvalue weighted by atomic mass is 32.2. The van der Waals surface area contributed by atoms with Gasteiger partial charge in [-0.05, 0) is 24.3 Å². The summed E-state index contributed by atoms with van der Waals surface area (Å²) in [5, 5.41) is 8.17. The summed E-state index contributed by atoms with van der Waals surface area (Å²) in [5.74, 6) is 0. The van der Waals surface area contributed by atoms with Gasteiger partial charge in [0.1, 0.15) is 0 Å². The molecule has 0 saturated carbocycles. The minimum Gasteiger partial charge on any atom is -0.369 e. The Morgan fingerprint density at radius 3 is 2.29 bits per heavy atom. The lowest BCUT2D eigenvalue weighted by Crippen LogP contribution is -2.43. The second-order valence-corrected chi connectivity index (χ2v) is 5.23. The zero-order chi connectivity index (χ0) is 12.3. The first-order valence-corrected chi connectivity index (χ1v) is 6.95. The van der Waals surface area contributed by atoms with Crippen molar-refractivity contribution in [2.75, 3.05) is 35.8 Å². The van der Waals surface area contributed by atoms with E-state index >= 15 is 0 Å². The summed E-state index contributed by atoms with van der Waals surface area (Å²) in [7, 11) is -3.69. The molecule has 0 unspecified atom stereocenters. The molecule has 6 nitrogen and oxygen atoms in total. The minimum absolute atomic E-state index is 0.478. The number of nitrogens with one attached hydrogen (secondary N) is 2. The normalized spacial score (nSPS) is 16.9. The first-order valence-electron chi connectivity index (χ1n) is 5.41. The van der Waals surface area contributed by atoms with E-state index in [0.29, 0.717) is 5.69 Å². The topological polar surface area (TPSA) is 87.5 Å². The van der Waals surface area contributed by atoms with Crippen LogP contribution in [-0.2, 0) is 10.2 Å². The Balaban J connectivity index is 2.07. The van der Waals surface area contributed by atoms with Gasteiger partial charge in [0.15, 0.2) is 0 Å². The van der Waals surface area contributed by atoms with E-state index in [9.17, 15) is 8.42 Å². The van der Waals surface area contributed by atoms with Crippen LogP contribution in [0.2, 0.25) is 0 Å². The van der Waals surface area contributed by atoms with Gasteiger partial charge in [-0.2, -0.15) is 8.42 Å². The molecule has 1 heterocycles. The summed E-state index contributed by atoms with van der Waals surface area (Å²) in [6.07, 6.45) is 0. The van der Waals surface area contributed by atoms with E-state index in [-0.39, 0.29) is 0 Å². The molecule has 0 aliphatic carbocycles. The van der Waals surface area contributed by atoms with Gasteiger partial charge in [-0.15, -0.1) is 0 Å². The predicted molar refractivity (Wildman–Crippen MR) is 68.3 cm³/mol. The van der Waals surface area contributed by atoms with Crippen LogP contribution >= 0.6 is 0 Å². The Morgan fingerprint density at radius 2 is 1.76 bits per heavy atom. The second kappa shape index (κ2) is 4.91. The van der Waals surface area contributed by atoms with Crippen LogP contribution in [0.1, 0.15) is 0 Å². The van der Waals surface area contributed by atoms with Gasteiger partial charge in [-0.1, -0.05) is 0 Å². The Bertz CT molecular complexity index is 466. The fourth-order valence-electron chi connectivity index (χ4n) is 1.83. The van der Waals surface area contributed by atoms with Crippen molar-refractivity contribution in [2.45, 2.75) is 0 Å². The molecule has 0 aromatic heterocycles. The zero-order valence-corrected chi connectivity index (χ0v) is 10.2. The Hall–Kier alpha value is -1.31. The van der Waals surface area contributed by atoms with Gasteiger partial charge in [0.25, 0.3) is 10.2 Å². The van der Waals surface area contributed by atoms with Crippen molar-refractivity contribution < 1.29 is 8.42 Å². The van der Waals surface area contributed by atoms with Crippen molar-refractivity contribution in [1.29, 1.82) is 0 Å². The zero-order valence-electron chi connectivity index (χ0n) is 9.39. The van der Waals surface area contributed by atoms with Gasteiger partial charge in [0.2, 0.25) is 0 Å². The number of nitrogens with zero attached hydrogens (tertiary/aromatic N) is 1. The monoisotopic (exact) mass is 256 g/mol. The van der Waals surface area contributed by atoms with Crippen LogP contribution in [0.25, 0.3) is 0 Å². The van der Waals surface area contributed by atoms with Crippen LogP contribution in [0.5, 0.6) is 0 Å². The van der Waals surface area contributed by atoms with Gasteiger partial charge >= 0.3 is 0 Å². The third-order valence-corrected chi connectivity index (χ3v) is 3.13. The molecule has 1 fully saturated rings. The summed E-state index contributed by atoms with van der Waals surface area (Å²) < 4.78 is 23.9. The van der Waals surface area contributed by atoms with Crippen molar-refractivity contribution in [3.8, 4) is 0 Å². The largest absolute Gasteiger partial charge is 0.369 e. The number of benzene rings is 1. The molecule has 1 aromatic carbocycles. The van der Waals surface area contributed by atoms with E-state index < -0.39 is 10.2 Å². The molecule has 0 bridgehead atoms. The van der Waals surface area contributed by atoms with E-state index in [1.165, 1.54) is 0 Å². The smallest absolute Gasteiger partial charge is 0.296 e. The number of hydrogen-bond donors (Lipinski definition) is 3. The molecule has 1 aliphatic heterocycles. The molecule has 0 spiro atoms. The summed E-state index contributed by atoms with van der Waals surface area (Å²) in [6.45, 7) is 3.86. The predicted octanol–water partition coefficient (Wildman–Crippen LogP) is -0.288. The summed E-state index contributed by atoms with van der Waals surface area (Å²) in [4.78, 5) is 2.25. The summed E-state index contributed by atoms with van der Waals surface area (Å²) in [5.41, 5.74) is 1.57. The maximum atomic E-state index is 10.8. The van der Waals surface area contributed by atoms with Gasteiger partial charge < -0.3 is 10.2 Å². The highest BCUT2D eigenvalue weighted by Gasteiger charge is 2.10. The standard InChI is InChI=1S/C10H16N4O2S/c11-17(15,16)13-9-1-3-10(4-2-9)14-7-5-12-6-8-14/h1-4,12-13H,5-8H2,(H2,11,15,16). The maximum absolute atomic E-state index is 10.8. The van der Waals surface area contributed by atoms with Crippen LogP contribution in [0.3, 0.4) is 0 Å².